The van der Waals surface area contributed by atoms with Gasteiger partial charge in [0, 0.05) is 11.3 Å². The number of aryl methyl sites for hydroxylation is 1. The third-order valence-electron chi connectivity index (χ3n) is 5.59. The second kappa shape index (κ2) is 8.59. The van der Waals surface area contributed by atoms with Crippen LogP contribution in [0.5, 0.6) is 11.5 Å². The number of hydrogen-bond acceptors (Lipinski definition) is 5. The van der Waals surface area contributed by atoms with Crippen LogP contribution in [0.2, 0.25) is 0 Å². The summed E-state index contributed by atoms with van der Waals surface area (Å²) in [4.78, 5) is 27.9. The van der Waals surface area contributed by atoms with Crippen molar-refractivity contribution < 1.29 is 24.2 Å². The van der Waals surface area contributed by atoms with Gasteiger partial charge in [-0.05, 0) is 48.4 Å². The Morgan fingerprint density at radius 3 is 2.22 bits per heavy atom. The molecule has 1 atom stereocenters. The fourth-order valence-corrected chi connectivity index (χ4v) is 3.94. The summed E-state index contributed by atoms with van der Waals surface area (Å²) in [5.41, 5.74) is 2.55. The third kappa shape index (κ3) is 3.60. The number of anilines is 1. The molecular formula is C26H23NO5. The van der Waals surface area contributed by atoms with Gasteiger partial charge in [0.2, 0.25) is 0 Å². The number of carbonyl (C=O) groups excluding carboxylic acids is 2. The molecule has 1 fully saturated rings. The highest BCUT2D eigenvalue weighted by molar-refractivity contribution is 6.51. The summed E-state index contributed by atoms with van der Waals surface area (Å²) in [6.07, 6.45) is 0. The van der Waals surface area contributed by atoms with E-state index in [1.807, 2.05) is 25.1 Å². The number of aliphatic hydroxyl groups is 1. The number of amides is 1. The predicted molar refractivity (Wildman–Crippen MR) is 122 cm³/mol. The van der Waals surface area contributed by atoms with Gasteiger partial charge in [0.05, 0.1) is 25.8 Å². The van der Waals surface area contributed by atoms with Gasteiger partial charge in [-0.3, -0.25) is 14.5 Å². The summed E-state index contributed by atoms with van der Waals surface area (Å²) in [5.74, 6) is -0.504. The standard InChI is InChI=1S/C26H23NO5/c1-16-7-4-5-10-21(16)27-23(17-11-13-19(31-2)14-12-17)22(25(29)26(27)30)24(28)18-8-6-9-20(15-18)32-3/h4-15,23,28H,1-3H3/b24-22-. The SMILES string of the molecule is COc1ccc(C2/C(=C(/O)c3cccc(OC)c3)C(=O)C(=O)N2c2ccccc2C)cc1. The van der Waals surface area contributed by atoms with E-state index < -0.39 is 17.7 Å². The Kier molecular flexibility index (Phi) is 5.69. The molecule has 0 aliphatic carbocycles. The number of Topliss-reactive ketones (excluding diaryl/α,β-unsaturated/α-hetero) is 1. The van der Waals surface area contributed by atoms with E-state index in [0.717, 1.165) is 5.56 Å². The maximum absolute atomic E-state index is 13.2. The fourth-order valence-electron chi connectivity index (χ4n) is 3.94. The van der Waals surface area contributed by atoms with Crippen molar-refractivity contribution in [3.8, 4) is 11.5 Å². The van der Waals surface area contributed by atoms with Crippen LogP contribution in [0.1, 0.15) is 22.7 Å². The van der Waals surface area contributed by atoms with Gasteiger partial charge in [-0.1, -0.05) is 42.5 Å². The maximum Gasteiger partial charge on any atom is 0.300 e. The van der Waals surface area contributed by atoms with Crippen molar-refractivity contribution in [3.63, 3.8) is 0 Å². The molecule has 1 N–H and O–H groups in total. The van der Waals surface area contributed by atoms with Gasteiger partial charge in [-0.15, -0.1) is 0 Å². The van der Waals surface area contributed by atoms with E-state index in [-0.39, 0.29) is 11.3 Å². The minimum absolute atomic E-state index is 0.0247. The van der Waals surface area contributed by atoms with Crippen molar-refractivity contribution in [2.24, 2.45) is 0 Å². The molecule has 0 saturated carbocycles. The molecule has 1 saturated heterocycles. The van der Waals surface area contributed by atoms with Crippen LogP contribution in [0.3, 0.4) is 0 Å². The molecule has 0 bridgehead atoms. The van der Waals surface area contributed by atoms with Crippen molar-refractivity contribution in [3.05, 3.63) is 95.1 Å². The van der Waals surface area contributed by atoms with Gasteiger partial charge in [0.1, 0.15) is 17.3 Å². The van der Waals surface area contributed by atoms with Gasteiger partial charge in [-0.2, -0.15) is 0 Å². The van der Waals surface area contributed by atoms with Crippen molar-refractivity contribution >= 4 is 23.1 Å². The number of ketones is 1. The second-order valence-corrected chi connectivity index (χ2v) is 7.46. The Morgan fingerprint density at radius 2 is 1.56 bits per heavy atom. The predicted octanol–water partition coefficient (Wildman–Crippen LogP) is 4.64. The van der Waals surface area contributed by atoms with Gasteiger partial charge in [0.15, 0.2) is 0 Å². The molecule has 3 aromatic rings. The lowest BCUT2D eigenvalue weighted by atomic mass is 9.94. The third-order valence-corrected chi connectivity index (χ3v) is 5.59. The van der Waals surface area contributed by atoms with E-state index in [2.05, 4.69) is 0 Å². The fraction of sp³-hybridized carbons (Fsp3) is 0.154. The first-order valence-corrected chi connectivity index (χ1v) is 10.1. The van der Waals surface area contributed by atoms with Crippen LogP contribution >= 0.6 is 0 Å². The maximum atomic E-state index is 13.2. The average molecular weight is 429 g/mol. The number of carbonyl (C=O) groups is 2. The lowest BCUT2D eigenvalue weighted by molar-refractivity contribution is -0.132. The van der Waals surface area contributed by atoms with Crippen LogP contribution in [0, 0.1) is 6.92 Å². The molecule has 0 spiro atoms. The summed E-state index contributed by atoms with van der Waals surface area (Å²) < 4.78 is 10.5. The Balaban J connectivity index is 1.95. The van der Waals surface area contributed by atoms with Gasteiger partial charge in [0.25, 0.3) is 11.7 Å². The number of hydrogen-bond donors (Lipinski definition) is 1. The first-order chi connectivity index (χ1) is 15.5. The highest BCUT2D eigenvalue weighted by Crippen LogP contribution is 2.43. The molecule has 1 amide bonds. The molecule has 1 aliphatic rings. The number of benzene rings is 3. The van der Waals surface area contributed by atoms with Gasteiger partial charge in [-0.25, -0.2) is 0 Å². The van der Waals surface area contributed by atoms with Crippen LogP contribution in [0.25, 0.3) is 5.76 Å². The Hall–Kier alpha value is -4.06. The number of aliphatic hydroxyl groups excluding tert-OH is 1. The monoisotopic (exact) mass is 429 g/mol. The molecular weight excluding hydrogens is 406 g/mol. The van der Waals surface area contributed by atoms with Crippen molar-refractivity contribution in [1.82, 2.24) is 0 Å². The van der Waals surface area contributed by atoms with Crippen LogP contribution in [0.15, 0.2) is 78.4 Å². The summed E-state index contributed by atoms with van der Waals surface area (Å²) >= 11 is 0. The van der Waals surface area contributed by atoms with E-state index >= 15 is 0 Å². The van der Waals surface area contributed by atoms with Gasteiger partial charge >= 0.3 is 0 Å². The lowest BCUT2D eigenvalue weighted by Gasteiger charge is -2.27. The Labute approximate surface area is 186 Å². The molecule has 6 nitrogen and oxygen atoms in total. The van der Waals surface area contributed by atoms with Gasteiger partial charge < -0.3 is 14.6 Å². The van der Waals surface area contributed by atoms with Crippen molar-refractivity contribution in [1.29, 1.82) is 0 Å². The minimum atomic E-state index is -0.798. The van der Waals surface area contributed by atoms with E-state index in [1.165, 1.54) is 12.0 Å². The lowest BCUT2D eigenvalue weighted by Crippen LogP contribution is -2.30. The quantitative estimate of drug-likeness (QED) is 0.363. The number of methoxy groups -OCH3 is 2. The van der Waals surface area contributed by atoms with Crippen LogP contribution in [-0.4, -0.2) is 31.0 Å². The molecule has 4 rings (SSSR count). The highest BCUT2D eigenvalue weighted by Gasteiger charge is 2.47. The molecule has 1 aliphatic heterocycles. The number of nitrogens with zero attached hydrogens (tertiary/aromatic N) is 1. The average Bonchev–Trinajstić information content (AvgIpc) is 3.09. The normalized spacial score (nSPS) is 17.5. The first kappa shape index (κ1) is 21.2. The zero-order valence-corrected chi connectivity index (χ0v) is 18.0. The zero-order valence-electron chi connectivity index (χ0n) is 18.0. The second-order valence-electron chi connectivity index (χ2n) is 7.46. The topological polar surface area (TPSA) is 76.1 Å². The van der Waals surface area contributed by atoms with Crippen LogP contribution in [-0.2, 0) is 9.59 Å². The molecule has 0 aromatic heterocycles. The van der Waals surface area contributed by atoms with Crippen molar-refractivity contribution in [2.45, 2.75) is 13.0 Å². The smallest absolute Gasteiger partial charge is 0.300 e. The number of ether oxygens (including phenoxy) is 2. The summed E-state index contributed by atoms with van der Waals surface area (Å²) in [5, 5.41) is 11.2. The Morgan fingerprint density at radius 1 is 0.875 bits per heavy atom. The molecule has 6 heteroatoms. The van der Waals surface area contributed by atoms with Crippen LogP contribution in [0.4, 0.5) is 5.69 Å². The molecule has 1 heterocycles. The summed E-state index contributed by atoms with van der Waals surface area (Å²) in [6, 6.07) is 20.4. The van der Waals surface area contributed by atoms with Crippen LogP contribution < -0.4 is 14.4 Å². The number of rotatable bonds is 5. The van der Waals surface area contributed by atoms with E-state index in [1.54, 1.807) is 61.7 Å². The van der Waals surface area contributed by atoms with E-state index in [0.29, 0.717) is 28.3 Å². The molecule has 1 unspecified atom stereocenters. The largest absolute Gasteiger partial charge is 0.507 e. The highest BCUT2D eigenvalue weighted by atomic mass is 16.5. The summed E-state index contributed by atoms with van der Waals surface area (Å²) in [6.45, 7) is 1.88. The molecule has 3 aromatic carbocycles. The van der Waals surface area contributed by atoms with Crippen molar-refractivity contribution in [2.75, 3.05) is 19.1 Å². The van der Waals surface area contributed by atoms with E-state index in [9.17, 15) is 14.7 Å². The molecule has 0 radical (unpaired) electrons. The molecule has 32 heavy (non-hydrogen) atoms. The zero-order chi connectivity index (χ0) is 22.8. The van der Waals surface area contributed by atoms with E-state index in [4.69, 9.17) is 9.47 Å². The first-order valence-electron chi connectivity index (χ1n) is 10.1. The summed E-state index contributed by atoms with van der Waals surface area (Å²) in [7, 11) is 3.09. The molecule has 162 valence electrons. The Bertz CT molecular complexity index is 1210. The number of para-hydroxylation sites is 1. The minimum Gasteiger partial charge on any atom is -0.507 e.